The first-order chi connectivity index (χ1) is 13.3. The van der Waals surface area contributed by atoms with Crippen LogP contribution in [-0.2, 0) is 18.2 Å². The van der Waals surface area contributed by atoms with E-state index in [9.17, 15) is 0 Å². The average Bonchev–Trinajstić information content (AvgIpc) is 3.22. The van der Waals surface area contributed by atoms with Crippen LogP contribution in [0.3, 0.4) is 0 Å². The minimum Gasteiger partial charge on any atom is -0.305 e. The first-order valence-corrected chi connectivity index (χ1v) is 10.4. The molecule has 0 fully saturated rings. The molecule has 0 atom stereocenters. The fourth-order valence-corrected chi connectivity index (χ4v) is 4.00. The predicted octanol–water partition coefficient (Wildman–Crippen LogP) is 5.37. The van der Waals surface area contributed by atoms with E-state index in [1.165, 1.54) is 5.56 Å². The molecule has 0 bridgehead atoms. The average molecular weight is 412 g/mol. The Hall–Kier alpha value is -2.31. The molecule has 1 aromatic carbocycles. The Morgan fingerprint density at radius 3 is 2.46 bits per heavy atom. The highest BCUT2D eigenvalue weighted by Crippen LogP contribution is 2.28. The molecule has 4 rings (SSSR count). The summed E-state index contributed by atoms with van der Waals surface area (Å²) in [6, 6.07) is 12.3. The summed E-state index contributed by atoms with van der Waals surface area (Å²) in [6.45, 7) is 6.64. The Morgan fingerprint density at radius 1 is 1.00 bits per heavy atom. The van der Waals surface area contributed by atoms with Gasteiger partial charge in [-0.05, 0) is 23.1 Å². The molecule has 3 heterocycles. The number of aromatic nitrogens is 5. The van der Waals surface area contributed by atoms with Crippen LogP contribution in [0.25, 0.3) is 17.0 Å². The highest BCUT2D eigenvalue weighted by Gasteiger charge is 2.16. The van der Waals surface area contributed by atoms with Crippen molar-refractivity contribution in [2.45, 2.75) is 37.1 Å². The maximum Gasteiger partial charge on any atom is 0.191 e. The minimum absolute atomic E-state index is 0.137. The van der Waals surface area contributed by atoms with E-state index in [0.717, 1.165) is 27.9 Å². The minimum atomic E-state index is 0.137. The number of thioether (sulfide) groups is 1. The van der Waals surface area contributed by atoms with E-state index >= 15 is 0 Å². The van der Waals surface area contributed by atoms with Crippen molar-refractivity contribution in [1.82, 2.24) is 24.1 Å². The fourth-order valence-electron chi connectivity index (χ4n) is 3.04. The summed E-state index contributed by atoms with van der Waals surface area (Å²) in [6.07, 6.45) is 3.86. The van der Waals surface area contributed by atoms with Crippen LogP contribution in [0.2, 0.25) is 5.02 Å². The van der Waals surface area contributed by atoms with Gasteiger partial charge in [-0.2, -0.15) is 0 Å². The van der Waals surface area contributed by atoms with Gasteiger partial charge >= 0.3 is 0 Å². The molecule has 0 aliphatic rings. The second kappa shape index (κ2) is 7.26. The number of imidazole rings is 1. The van der Waals surface area contributed by atoms with Crippen LogP contribution in [0.1, 0.15) is 32.0 Å². The molecular formula is C21H22ClN5S. The quantitative estimate of drug-likeness (QED) is 0.423. The van der Waals surface area contributed by atoms with E-state index in [-0.39, 0.29) is 5.41 Å². The normalized spacial score (nSPS) is 12.0. The van der Waals surface area contributed by atoms with Crippen LogP contribution < -0.4 is 0 Å². The zero-order valence-electron chi connectivity index (χ0n) is 16.3. The van der Waals surface area contributed by atoms with E-state index in [2.05, 4.69) is 60.2 Å². The molecule has 0 radical (unpaired) electrons. The van der Waals surface area contributed by atoms with Gasteiger partial charge in [-0.15, -0.1) is 10.2 Å². The lowest BCUT2D eigenvalue weighted by Gasteiger charge is -2.19. The maximum atomic E-state index is 6.04. The largest absolute Gasteiger partial charge is 0.305 e. The van der Waals surface area contributed by atoms with Crippen LogP contribution in [-0.4, -0.2) is 24.1 Å². The summed E-state index contributed by atoms with van der Waals surface area (Å²) in [7, 11) is 2.00. The summed E-state index contributed by atoms with van der Waals surface area (Å²) in [5.74, 6) is 1.58. The zero-order valence-corrected chi connectivity index (χ0v) is 17.9. The van der Waals surface area contributed by atoms with Gasteiger partial charge in [0, 0.05) is 30.8 Å². The lowest BCUT2D eigenvalue weighted by molar-refractivity contribution is 0.590. The third-order valence-corrected chi connectivity index (χ3v) is 5.94. The van der Waals surface area contributed by atoms with Crippen molar-refractivity contribution in [1.29, 1.82) is 0 Å². The molecule has 7 heteroatoms. The second-order valence-corrected chi connectivity index (χ2v) is 9.21. The fraction of sp³-hybridized carbons (Fsp3) is 0.286. The van der Waals surface area contributed by atoms with Crippen molar-refractivity contribution in [2.24, 2.45) is 7.05 Å². The lowest BCUT2D eigenvalue weighted by atomic mass is 9.87. The third-order valence-electron chi connectivity index (χ3n) is 4.66. The van der Waals surface area contributed by atoms with Gasteiger partial charge in [0.1, 0.15) is 5.65 Å². The van der Waals surface area contributed by atoms with Crippen molar-refractivity contribution < 1.29 is 0 Å². The van der Waals surface area contributed by atoms with E-state index in [0.29, 0.717) is 10.8 Å². The summed E-state index contributed by atoms with van der Waals surface area (Å²) in [5.41, 5.74) is 4.37. The smallest absolute Gasteiger partial charge is 0.191 e. The number of rotatable bonds is 4. The first-order valence-electron chi connectivity index (χ1n) is 9.07. The lowest BCUT2D eigenvalue weighted by Crippen LogP contribution is -2.10. The molecule has 5 nitrogen and oxygen atoms in total. The van der Waals surface area contributed by atoms with Gasteiger partial charge in [-0.3, -0.25) is 0 Å². The second-order valence-electron chi connectivity index (χ2n) is 7.83. The Balaban J connectivity index is 1.51. The maximum absolute atomic E-state index is 6.04. The molecule has 0 saturated carbocycles. The molecule has 0 aliphatic heterocycles. The molecule has 0 N–H and O–H groups in total. The predicted molar refractivity (Wildman–Crippen MR) is 115 cm³/mol. The van der Waals surface area contributed by atoms with Gasteiger partial charge < -0.3 is 8.97 Å². The first kappa shape index (κ1) is 19.0. The highest BCUT2D eigenvalue weighted by atomic mass is 35.5. The molecule has 3 aromatic heterocycles. The number of halogens is 1. The number of nitrogens with zero attached hydrogens (tertiary/aromatic N) is 5. The number of fused-ring (bicyclic) bond motifs is 1. The van der Waals surface area contributed by atoms with Crippen LogP contribution >= 0.6 is 23.4 Å². The van der Waals surface area contributed by atoms with Gasteiger partial charge in [-0.1, -0.05) is 68.4 Å². The Kier molecular flexibility index (Phi) is 4.93. The van der Waals surface area contributed by atoms with Gasteiger partial charge in [0.25, 0.3) is 0 Å². The van der Waals surface area contributed by atoms with Gasteiger partial charge in [0.15, 0.2) is 11.0 Å². The van der Waals surface area contributed by atoms with Crippen LogP contribution in [0.15, 0.2) is 53.9 Å². The molecule has 0 aliphatic carbocycles. The monoisotopic (exact) mass is 411 g/mol. The van der Waals surface area contributed by atoms with Crippen molar-refractivity contribution in [3.63, 3.8) is 0 Å². The van der Waals surface area contributed by atoms with Gasteiger partial charge in [0.05, 0.1) is 10.7 Å². The molecule has 28 heavy (non-hydrogen) atoms. The molecule has 0 spiro atoms. The van der Waals surface area contributed by atoms with Gasteiger partial charge in [-0.25, -0.2) is 4.98 Å². The zero-order chi connectivity index (χ0) is 19.9. The summed E-state index contributed by atoms with van der Waals surface area (Å²) in [4.78, 5) is 4.62. The summed E-state index contributed by atoms with van der Waals surface area (Å²) in [5, 5.41) is 10.3. The molecule has 0 amide bonds. The van der Waals surface area contributed by atoms with Gasteiger partial charge in [0.2, 0.25) is 0 Å². The van der Waals surface area contributed by atoms with Crippen LogP contribution in [0.5, 0.6) is 0 Å². The van der Waals surface area contributed by atoms with Crippen molar-refractivity contribution >= 4 is 29.0 Å². The van der Waals surface area contributed by atoms with Crippen molar-refractivity contribution in [3.05, 3.63) is 65.1 Å². The van der Waals surface area contributed by atoms with Crippen LogP contribution in [0.4, 0.5) is 0 Å². The number of benzene rings is 1. The third kappa shape index (κ3) is 3.80. The van der Waals surface area contributed by atoms with Crippen molar-refractivity contribution in [2.75, 3.05) is 0 Å². The Bertz CT molecular complexity index is 1120. The molecule has 0 unspecified atom stereocenters. The van der Waals surface area contributed by atoms with E-state index < -0.39 is 0 Å². The van der Waals surface area contributed by atoms with E-state index in [1.54, 1.807) is 11.8 Å². The van der Waals surface area contributed by atoms with E-state index in [1.807, 2.05) is 40.5 Å². The SMILES string of the molecule is Cn1c(SCc2cn3cc(Cl)ccc3n2)nnc1-c1ccc(C(C)(C)C)cc1. The molecule has 0 saturated heterocycles. The highest BCUT2D eigenvalue weighted by molar-refractivity contribution is 7.98. The standard InChI is InChI=1S/C21H22ClN5S/c1-21(2,3)15-7-5-14(6-8-15)19-24-25-20(26(19)4)28-13-17-12-27-11-16(22)9-10-18(27)23-17/h5-12H,13H2,1-4H3. The molecule has 4 aromatic rings. The van der Waals surface area contributed by atoms with Crippen LogP contribution in [0, 0.1) is 0 Å². The summed E-state index contributed by atoms with van der Waals surface area (Å²) < 4.78 is 3.97. The topological polar surface area (TPSA) is 48.0 Å². The summed E-state index contributed by atoms with van der Waals surface area (Å²) >= 11 is 7.66. The van der Waals surface area contributed by atoms with E-state index in [4.69, 9.17) is 11.6 Å². The number of hydrogen-bond donors (Lipinski definition) is 0. The molecular weight excluding hydrogens is 390 g/mol. The number of hydrogen-bond acceptors (Lipinski definition) is 4. The Labute approximate surface area is 173 Å². The number of pyridine rings is 1. The molecule has 144 valence electrons. The van der Waals surface area contributed by atoms with Crippen molar-refractivity contribution in [3.8, 4) is 11.4 Å². The Morgan fingerprint density at radius 2 is 1.75 bits per heavy atom.